The molecule has 0 aliphatic carbocycles. The SMILES string of the molecule is COc1ccc(COc2ccc([C@@H]3[C@@H](CCC(=O)O)C(=O)N3c3ccc(F)cc3)cc2)cc1. The molecule has 1 heterocycles. The lowest BCUT2D eigenvalue weighted by Gasteiger charge is -2.47. The van der Waals surface area contributed by atoms with Gasteiger partial charge < -0.3 is 19.5 Å². The van der Waals surface area contributed by atoms with E-state index in [4.69, 9.17) is 14.6 Å². The fourth-order valence-electron chi connectivity index (χ4n) is 4.03. The van der Waals surface area contributed by atoms with Crippen LogP contribution in [0.15, 0.2) is 72.8 Å². The molecule has 1 saturated heterocycles. The van der Waals surface area contributed by atoms with Crippen LogP contribution < -0.4 is 14.4 Å². The van der Waals surface area contributed by atoms with E-state index in [1.807, 2.05) is 48.5 Å². The molecule has 0 radical (unpaired) electrons. The van der Waals surface area contributed by atoms with E-state index < -0.39 is 11.9 Å². The first-order valence-electron chi connectivity index (χ1n) is 10.6. The highest BCUT2D eigenvalue weighted by Gasteiger charge is 2.48. The minimum absolute atomic E-state index is 0.0901. The molecule has 1 aliphatic heterocycles. The average molecular weight is 449 g/mol. The molecule has 2 atom stereocenters. The van der Waals surface area contributed by atoms with Gasteiger partial charge >= 0.3 is 5.97 Å². The van der Waals surface area contributed by atoms with Crippen molar-refractivity contribution >= 4 is 17.6 Å². The molecule has 1 amide bonds. The Morgan fingerprint density at radius 1 is 0.970 bits per heavy atom. The number of anilines is 1. The van der Waals surface area contributed by atoms with Gasteiger partial charge in [-0.15, -0.1) is 0 Å². The Balaban J connectivity index is 1.49. The van der Waals surface area contributed by atoms with E-state index in [1.165, 1.54) is 12.1 Å². The maximum absolute atomic E-state index is 13.4. The third kappa shape index (κ3) is 4.98. The average Bonchev–Trinajstić information content (AvgIpc) is 2.83. The highest BCUT2D eigenvalue weighted by molar-refractivity contribution is 6.03. The number of halogens is 1. The summed E-state index contributed by atoms with van der Waals surface area (Å²) in [6.45, 7) is 0.397. The maximum atomic E-state index is 13.4. The molecule has 0 aromatic heterocycles. The van der Waals surface area contributed by atoms with Gasteiger partial charge in [-0.3, -0.25) is 9.59 Å². The standard InChI is InChI=1S/C26H24FNO5/c1-32-21-10-2-17(3-11-21)16-33-22-12-4-18(5-13-22)25-23(14-15-24(29)30)26(31)28(25)20-8-6-19(27)7-9-20/h2-13,23,25H,14-16H2,1H3,(H,29,30)/t23-,25-/m1/s1. The number of carbonyl (C=O) groups is 2. The van der Waals surface area contributed by atoms with E-state index in [0.29, 0.717) is 18.0 Å². The number of benzene rings is 3. The molecule has 0 spiro atoms. The van der Waals surface area contributed by atoms with Crippen molar-refractivity contribution in [1.82, 2.24) is 0 Å². The van der Waals surface area contributed by atoms with E-state index in [2.05, 4.69) is 0 Å². The molecular formula is C26H24FNO5. The van der Waals surface area contributed by atoms with E-state index in [9.17, 15) is 14.0 Å². The van der Waals surface area contributed by atoms with Crippen molar-refractivity contribution in [2.24, 2.45) is 5.92 Å². The first-order valence-corrected chi connectivity index (χ1v) is 10.6. The Hall–Kier alpha value is -3.87. The lowest BCUT2D eigenvalue weighted by Crippen LogP contribution is -2.55. The Morgan fingerprint density at radius 2 is 1.61 bits per heavy atom. The highest BCUT2D eigenvalue weighted by Crippen LogP contribution is 2.45. The van der Waals surface area contributed by atoms with Crippen molar-refractivity contribution in [2.75, 3.05) is 12.0 Å². The van der Waals surface area contributed by atoms with Crippen molar-refractivity contribution < 1.29 is 28.6 Å². The van der Waals surface area contributed by atoms with Crippen LogP contribution in [0.1, 0.15) is 30.0 Å². The normalized spacial score (nSPS) is 17.4. The van der Waals surface area contributed by atoms with Crippen LogP contribution in [0.3, 0.4) is 0 Å². The number of amides is 1. The molecule has 1 N–H and O–H groups in total. The third-order valence-corrected chi connectivity index (χ3v) is 5.77. The Bertz CT molecular complexity index is 1110. The lowest BCUT2D eigenvalue weighted by molar-refractivity contribution is -0.138. The van der Waals surface area contributed by atoms with E-state index in [0.717, 1.165) is 16.9 Å². The van der Waals surface area contributed by atoms with Gasteiger partial charge in [-0.1, -0.05) is 24.3 Å². The van der Waals surface area contributed by atoms with E-state index in [1.54, 1.807) is 24.1 Å². The van der Waals surface area contributed by atoms with Gasteiger partial charge in [0.1, 0.15) is 23.9 Å². The van der Waals surface area contributed by atoms with Crippen molar-refractivity contribution in [2.45, 2.75) is 25.5 Å². The summed E-state index contributed by atoms with van der Waals surface area (Å²) in [6, 6.07) is 20.4. The number of β-lactam (4-membered cyclic amide) rings is 1. The molecule has 1 fully saturated rings. The van der Waals surface area contributed by atoms with Gasteiger partial charge in [-0.25, -0.2) is 4.39 Å². The molecule has 0 unspecified atom stereocenters. The Morgan fingerprint density at radius 3 is 2.21 bits per heavy atom. The minimum Gasteiger partial charge on any atom is -0.497 e. The number of carbonyl (C=O) groups excluding carboxylic acids is 1. The summed E-state index contributed by atoms with van der Waals surface area (Å²) in [7, 11) is 1.62. The minimum atomic E-state index is -0.941. The molecule has 170 valence electrons. The van der Waals surface area contributed by atoms with Crippen molar-refractivity contribution in [1.29, 1.82) is 0 Å². The topological polar surface area (TPSA) is 76.1 Å². The Labute approximate surface area is 191 Å². The second-order valence-electron chi connectivity index (χ2n) is 7.87. The fourth-order valence-corrected chi connectivity index (χ4v) is 4.03. The largest absolute Gasteiger partial charge is 0.497 e. The molecule has 3 aromatic rings. The quantitative estimate of drug-likeness (QED) is 0.466. The van der Waals surface area contributed by atoms with Crippen LogP contribution in [0.2, 0.25) is 0 Å². The van der Waals surface area contributed by atoms with Gasteiger partial charge in [-0.05, 0) is 66.1 Å². The predicted molar refractivity (Wildman–Crippen MR) is 121 cm³/mol. The van der Waals surface area contributed by atoms with Crippen LogP contribution in [0, 0.1) is 11.7 Å². The number of methoxy groups -OCH3 is 1. The zero-order valence-corrected chi connectivity index (χ0v) is 18.1. The number of hydrogen-bond donors (Lipinski definition) is 1. The number of ether oxygens (including phenoxy) is 2. The molecular weight excluding hydrogens is 425 g/mol. The first kappa shape index (κ1) is 22.3. The molecule has 6 nitrogen and oxygen atoms in total. The van der Waals surface area contributed by atoms with Gasteiger partial charge in [0.2, 0.25) is 5.91 Å². The fraction of sp³-hybridized carbons (Fsp3) is 0.231. The summed E-state index contributed by atoms with van der Waals surface area (Å²) in [5.74, 6) is -0.477. The first-order chi connectivity index (χ1) is 16.0. The molecule has 4 rings (SSSR count). The molecule has 1 aliphatic rings. The zero-order valence-electron chi connectivity index (χ0n) is 18.1. The number of nitrogens with zero attached hydrogens (tertiary/aromatic N) is 1. The number of hydrogen-bond acceptors (Lipinski definition) is 4. The summed E-state index contributed by atoms with van der Waals surface area (Å²) in [5, 5.41) is 9.07. The van der Waals surface area contributed by atoms with Gasteiger partial charge in [0.15, 0.2) is 0 Å². The van der Waals surface area contributed by atoms with Crippen LogP contribution in [0.4, 0.5) is 10.1 Å². The summed E-state index contributed by atoms with van der Waals surface area (Å²) in [6.07, 6.45) is 0.152. The molecule has 33 heavy (non-hydrogen) atoms. The summed E-state index contributed by atoms with van der Waals surface area (Å²) < 4.78 is 24.4. The van der Waals surface area contributed by atoms with Crippen LogP contribution in [0.5, 0.6) is 11.5 Å². The summed E-state index contributed by atoms with van der Waals surface area (Å²) in [5.41, 5.74) is 2.45. The van der Waals surface area contributed by atoms with Gasteiger partial charge in [0.05, 0.1) is 19.1 Å². The Kier molecular flexibility index (Phi) is 6.58. The van der Waals surface area contributed by atoms with Crippen LogP contribution in [0.25, 0.3) is 0 Å². The maximum Gasteiger partial charge on any atom is 0.303 e. The van der Waals surface area contributed by atoms with Crippen molar-refractivity contribution in [3.05, 3.63) is 89.7 Å². The highest BCUT2D eigenvalue weighted by atomic mass is 19.1. The van der Waals surface area contributed by atoms with E-state index >= 15 is 0 Å². The molecule has 0 saturated carbocycles. The molecule has 3 aromatic carbocycles. The predicted octanol–water partition coefficient (Wildman–Crippen LogP) is 4.98. The number of aliphatic carboxylic acids is 1. The van der Waals surface area contributed by atoms with Gasteiger partial charge in [0.25, 0.3) is 0 Å². The second-order valence-corrected chi connectivity index (χ2v) is 7.87. The van der Waals surface area contributed by atoms with Gasteiger partial charge in [-0.2, -0.15) is 0 Å². The second kappa shape index (κ2) is 9.73. The van der Waals surface area contributed by atoms with Crippen LogP contribution >= 0.6 is 0 Å². The summed E-state index contributed by atoms with van der Waals surface area (Å²) >= 11 is 0. The smallest absolute Gasteiger partial charge is 0.303 e. The van der Waals surface area contributed by atoms with Crippen LogP contribution in [-0.4, -0.2) is 24.1 Å². The molecule has 0 bridgehead atoms. The van der Waals surface area contributed by atoms with Gasteiger partial charge in [0, 0.05) is 12.1 Å². The third-order valence-electron chi connectivity index (χ3n) is 5.77. The monoisotopic (exact) mass is 449 g/mol. The van der Waals surface area contributed by atoms with E-state index in [-0.39, 0.29) is 30.6 Å². The van der Waals surface area contributed by atoms with Crippen molar-refractivity contribution in [3.8, 4) is 11.5 Å². The summed E-state index contributed by atoms with van der Waals surface area (Å²) in [4.78, 5) is 25.5. The number of carboxylic acid groups (broad SMARTS) is 1. The number of rotatable bonds is 9. The van der Waals surface area contributed by atoms with Crippen molar-refractivity contribution in [3.63, 3.8) is 0 Å². The zero-order chi connectivity index (χ0) is 23.4. The van der Waals surface area contributed by atoms with Crippen LogP contribution in [-0.2, 0) is 16.2 Å². The number of carboxylic acids is 1. The molecule has 7 heteroatoms. The lowest BCUT2D eigenvalue weighted by atomic mass is 9.79.